The summed E-state index contributed by atoms with van der Waals surface area (Å²) in [4.78, 5) is 11.5. The van der Waals surface area contributed by atoms with E-state index in [0.29, 0.717) is 17.9 Å². The number of aliphatic carboxylic acids is 1. The number of nitrogens with two attached hydrogens (primary N) is 1. The van der Waals surface area contributed by atoms with Gasteiger partial charge in [-0.1, -0.05) is 0 Å². The van der Waals surface area contributed by atoms with Crippen LogP contribution in [-0.2, 0) is 4.79 Å². The van der Waals surface area contributed by atoms with E-state index >= 15 is 0 Å². The molecule has 0 heterocycles. The lowest BCUT2D eigenvalue weighted by Crippen LogP contribution is -2.14. The van der Waals surface area contributed by atoms with E-state index < -0.39 is 12.0 Å². The van der Waals surface area contributed by atoms with Crippen molar-refractivity contribution in [1.29, 1.82) is 0 Å². The van der Waals surface area contributed by atoms with Gasteiger partial charge in [-0.3, -0.25) is 4.79 Å². The summed E-state index contributed by atoms with van der Waals surface area (Å²) in [7, 11) is 3.16. The molecule has 0 radical (unpaired) electrons. The normalized spacial score (nSPS) is 12.0. The number of carboxylic acids is 1. The molecule has 0 aliphatic carbocycles. The molecule has 1 unspecified atom stereocenters. The van der Waals surface area contributed by atoms with Crippen LogP contribution in [0.3, 0.4) is 0 Å². The first-order valence-corrected chi connectivity index (χ1v) is 7.03. The molecule has 0 bridgehead atoms. The van der Waals surface area contributed by atoms with Crippen molar-refractivity contribution in [1.82, 2.24) is 0 Å². The fourth-order valence-corrected chi connectivity index (χ4v) is 2.42. The highest BCUT2D eigenvalue weighted by Crippen LogP contribution is 2.38. The number of benzene rings is 1. The zero-order chi connectivity index (χ0) is 14.4. The summed E-state index contributed by atoms with van der Waals surface area (Å²) in [6.45, 7) is 0. The van der Waals surface area contributed by atoms with Crippen molar-refractivity contribution in [3.63, 3.8) is 0 Å². The van der Waals surface area contributed by atoms with Gasteiger partial charge >= 0.3 is 5.97 Å². The van der Waals surface area contributed by atoms with E-state index in [0.717, 1.165) is 10.5 Å². The second-order valence-corrected chi connectivity index (χ2v) is 4.84. The van der Waals surface area contributed by atoms with Gasteiger partial charge in [-0.2, -0.15) is 0 Å². The molecule has 0 aromatic heterocycles. The van der Waals surface area contributed by atoms with E-state index in [2.05, 4.69) is 0 Å². The minimum atomic E-state index is -0.859. The van der Waals surface area contributed by atoms with Gasteiger partial charge in [0, 0.05) is 18.0 Å². The lowest BCUT2D eigenvalue weighted by Gasteiger charge is -2.18. The SMILES string of the molecule is COc1cc(SC)c(OC)c(C(N)CCC(=O)O)c1. The molecule has 0 fully saturated rings. The second kappa shape index (κ2) is 7.25. The lowest BCUT2D eigenvalue weighted by molar-refractivity contribution is -0.137. The van der Waals surface area contributed by atoms with Crippen molar-refractivity contribution in [2.75, 3.05) is 20.5 Å². The quantitative estimate of drug-likeness (QED) is 0.748. The number of hydrogen-bond donors (Lipinski definition) is 2. The summed E-state index contributed by atoms with van der Waals surface area (Å²) in [5, 5.41) is 8.72. The molecule has 0 aliphatic rings. The monoisotopic (exact) mass is 285 g/mol. The van der Waals surface area contributed by atoms with Crippen LogP contribution in [0.25, 0.3) is 0 Å². The highest BCUT2D eigenvalue weighted by molar-refractivity contribution is 7.98. The Morgan fingerprint density at radius 1 is 1.42 bits per heavy atom. The maximum absolute atomic E-state index is 10.6. The van der Waals surface area contributed by atoms with Crippen molar-refractivity contribution in [2.45, 2.75) is 23.8 Å². The van der Waals surface area contributed by atoms with Gasteiger partial charge in [0.15, 0.2) is 0 Å². The van der Waals surface area contributed by atoms with Crippen LogP contribution in [0.1, 0.15) is 24.4 Å². The molecule has 3 N–H and O–H groups in total. The molecule has 0 aliphatic heterocycles. The van der Waals surface area contributed by atoms with Crippen molar-refractivity contribution in [3.05, 3.63) is 17.7 Å². The van der Waals surface area contributed by atoms with Crippen LogP contribution >= 0.6 is 11.8 Å². The molecule has 0 amide bonds. The molecule has 1 atom stereocenters. The van der Waals surface area contributed by atoms with Gasteiger partial charge in [0.2, 0.25) is 0 Å². The number of thioether (sulfide) groups is 1. The second-order valence-electron chi connectivity index (χ2n) is 3.99. The Kier molecular flexibility index (Phi) is 5.98. The summed E-state index contributed by atoms with van der Waals surface area (Å²) >= 11 is 1.53. The zero-order valence-corrected chi connectivity index (χ0v) is 12.1. The summed E-state index contributed by atoms with van der Waals surface area (Å²) in [5.74, 6) is 0.513. The Balaban J connectivity index is 3.11. The first-order chi connectivity index (χ1) is 9.03. The molecule has 0 saturated carbocycles. The third-order valence-corrected chi connectivity index (χ3v) is 3.53. The number of hydrogen-bond acceptors (Lipinski definition) is 5. The predicted molar refractivity (Wildman–Crippen MR) is 75.1 cm³/mol. The Bertz CT molecular complexity index is 451. The van der Waals surface area contributed by atoms with E-state index in [9.17, 15) is 4.79 Å². The molecule has 19 heavy (non-hydrogen) atoms. The molecule has 5 nitrogen and oxygen atoms in total. The van der Waals surface area contributed by atoms with Crippen molar-refractivity contribution < 1.29 is 19.4 Å². The maximum Gasteiger partial charge on any atom is 0.303 e. The largest absolute Gasteiger partial charge is 0.497 e. The topological polar surface area (TPSA) is 81.8 Å². The van der Waals surface area contributed by atoms with Crippen LogP contribution in [0.15, 0.2) is 17.0 Å². The third kappa shape index (κ3) is 4.04. The smallest absolute Gasteiger partial charge is 0.303 e. The maximum atomic E-state index is 10.6. The minimum Gasteiger partial charge on any atom is -0.497 e. The fourth-order valence-electron chi connectivity index (χ4n) is 1.80. The van der Waals surface area contributed by atoms with Gasteiger partial charge in [0.1, 0.15) is 11.5 Å². The van der Waals surface area contributed by atoms with Gasteiger partial charge in [0.25, 0.3) is 0 Å². The van der Waals surface area contributed by atoms with E-state index in [-0.39, 0.29) is 6.42 Å². The highest BCUT2D eigenvalue weighted by atomic mass is 32.2. The number of carbonyl (C=O) groups is 1. The zero-order valence-electron chi connectivity index (χ0n) is 11.3. The van der Waals surface area contributed by atoms with Crippen LogP contribution in [0, 0.1) is 0 Å². The summed E-state index contributed by atoms with van der Waals surface area (Å²) in [5.41, 5.74) is 6.83. The van der Waals surface area contributed by atoms with E-state index in [1.165, 1.54) is 11.8 Å². The molecule has 0 saturated heterocycles. The van der Waals surface area contributed by atoms with Gasteiger partial charge < -0.3 is 20.3 Å². The Morgan fingerprint density at radius 3 is 2.58 bits per heavy atom. The predicted octanol–water partition coefficient (Wildman–Crippen LogP) is 2.29. The van der Waals surface area contributed by atoms with Crippen LogP contribution in [0.2, 0.25) is 0 Å². The molecule has 0 spiro atoms. The molecule has 1 aromatic rings. The summed E-state index contributed by atoms with van der Waals surface area (Å²) < 4.78 is 10.6. The first-order valence-electron chi connectivity index (χ1n) is 5.80. The number of methoxy groups -OCH3 is 2. The van der Waals surface area contributed by atoms with Crippen LogP contribution in [-0.4, -0.2) is 31.6 Å². The van der Waals surface area contributed by atoms with Crippen molar-refractivity contribution in [2.24, 2.45) is 5.73 Å². The van der Waals surface area contributed by atoms with Gasteiger partial charge in [0.05, 0.1) is 19.1 Å². The minimum absolute atomic E-state index is 0.0239. The van der Waals surface area contributed by atoms with Gasteiger partial charge in [-0.25, -0.2) is 0 Å². The first kappa shape index (κ1) is 15.7. The van der Waals surface area contributed by atoms with Gasteiger partial charge in [-0.15, -0.1) is 11.8 Å². The van der Waals surface area contributed by atoms with Crippen molar-refractivity contribution in [3.8, 4) is 11.5 Å². The Labute approximate surface area is 117 Å². The molecule has 6 heteroatoms. The Hall–Kier alpha value is -1.40. The van der Waals surface area contributed by atoms with Crippen LogP contribution in [0.5, 0.6) is 11.5 Å². The molecular weight excluding hydrogens is 266 g/mol. The standard InChI is InChI=1S/C13H19NO4S/c1-17-8-6-9(10(14)4-5-12(15)16)13(18-2)11(7-8)19-3/h6-7,10H,4-5,14H2,1-3H3,(H,15,16). The Morgan fingerprint density at radius 2 is 2.11 bits per heavy atom. The number of carboxylic acid groups (broad SMARTS) is 1. The number of ether oxygens (including phenoxy) is 2. The molecule has 1 rings (SSSR count). The van der Waals surface area contributed by atoms with Crippen LogP contribution in [0.4, 0.5) is 0 Å². The lowest BCUT2D eigenvalue weighted by atomic mass is 10.0. The summed E-state index contributed by atoms with van der Waals surface area (Å²) in [6.07, 6.45) is 2.31. The molecule has 1 aromatic carbocycles. The van der Waals surface area contributed by atoms with E-state index in [1.807, 2.05) is 12.3 Å². The summed E-state index contributed by atoms with van der Waals surface area (Å²) in [6, 6.07) is 3.27. The third-order valence-electron chi connectivity index (χ3n) is 2.79. The van der Waals surface area contributed by atoms with E-state index in [1.54, 1.807) is 20.3 Å². The fraction of sp³-hybridized carbons (Fsp3) is 0.462. The average Bonchev–Trinajstić information content (AvgIpc) is 2.42. The van der Waals surface area contributed by atoms with E-state index in [4.69, 9.17) is 20.3 Å². The van der Waals surface area contributed by atoms with Crippen molar-refractivity contribution >= 4 is 17.7 Å². The van der Waals surface area contributed by atoms with Crippen LogP contribution < -0.4 is 15.2 Å². The average molecular weight is 285 g/mol. The van der Waals surface area contributed by atoms with Gasteiger partial charge in [-0.05, 0) is 24.8 Å². The molecular formula is C13H19NO4S. The molecule has 106 valence electrons. The number of rotatable bonds is 7. The highest BCUT2D eigenvalue weighted by Gasteiger charge is 2.18.